The average Bonchev–Trinajstić information content (AvgIpc) is 2.45. The number of benzene rings is 1. The summed E-state index contributed by atoms with van der Waals surface area (Å²) in [6, 6.07) is 8.66. The van der Waals surface area contributed by atoms with E-state index in [0.717, 1.165) is 5.56 Å². The fourth-order valence-electron chi connectivity index (χ4n) is 1.74. The first-order chi connectivity index (χ1) is 9.47. The van der Waals surface area contributed by atoms with E-state index in [1.54, 1.807) is 0 Å². The lowest BCUT2D eigenvalue weighted by Gasteiger charge is -2.27. The molecule has 0 heterocycles. The van der Waals surface area contributed by atoms with Crippen molar-refractivity contribution in [2.24, 2.45) is 5.92 Å². The molecule has 110 valence electrons. The van der Waals surface area contributed by atoms with Crippen LogP contribution in [0.15, 0.2) is 30.3 Å². The Morgan fingerprint density at radius 3 is 2.35 bits per heavy atom. The highest BCUT2D eigenvalue weighted by molar-refractivity contribution is 7.14. The van der Waals surface area contributed by atoms with Crippen LogP contribution < -0.4 is 0 Å². The molecule has 6 heteroatoms. The number of carbonyl (C=O) groups is 2. The first-order valence-corrected chi connectivity index (χ1v) is 6.81. The van der Waals surface area contributed by atoms with Crippen molar-refractivity contribution in [1.29, 1.82) is 0 Å². The molecule has 0 aliphatic rings. The SMILES string of the molecule is COC(=O)C(C(C)C)N(P)C(=O)OCc1ccccc1. The third kappa shape index (κ3) is 4.49. The molecule has 0 fully saturated rings. The minimum atomic E-state index is -0.687. The number of ether oxygens (including phenoxy) is 2. The minimum Gasteiger partial charge on any atom is -0.467 e. The summed E-state index contributed by atoms with van der Waals surface area (Å²) in [6.07, 6.45) is -0.581. The van der Waals surface area contributed by atoms with Crippen molar-refractivity contribution in [1.82, 2.24) is 4.67 Å². The van der Waals surface area contributed by atoms with E-state index in [0.29, 0.717) is 0 Å². The van der Waals surface area contributed by atoms with Crippen molar-refractivity contribution in [2.45, 2.75) is 26.5 Å². The van der Waals surface area contributed by atoms with Crippen LogP contribution in [0.5, 0.6) is 0 Å². The molecule has 20 heavy (non-hydrogen) atoms. The zero-order valence-electron chi connectivity index (χ0n) is 11.9. The molecule has 0 aromatic heterocycles. The quantitative estimate of drug-likeness (QED) is 0.619. The predicted molar refractivity (Wildman–Crippen MR) is 78.8 cm³/mol. The van der Waals surface area contributed by atoms with Gasteiger partial charge in [0, 0.05) is 0 Å². The molecule has 0 spiro atoms. The maximum Gasteiger partial charge on any atom is 0.413 e. The Bertz CT molecular complexity index is 450. The number of methoxy groups -OCH3 is 1. The molecule has 2 unspecified atom stereocenters. The highest BCUT2D eigenvalue weighted by Crippen LogP contribution is 2.18. The number of esters is 1. The summed E-state index contributed by atoms with van der Waals surface area (Å²) >= 11 is 0. The van der Waals surface area contributed by atoms with E-state index < -0.39 is 18.1 Å². The van der Waals surface area contributed by atoms with Crippen molar-refractivity contribution < 1.29 is 19.1 Å². The molecule has 0 saturated carbocycles. The Balaban J connectivity index is 2.63. The molecule has 0 aliphatic heterocycles. The fourth-order valence-corrected chi connectivity index (χ4v) is 2.28. The maximum absolute atomic E-state index is 12.0. The minimum absolute atomic E-state index is 0.0794. The van der Waals surface area contributed by atoms with Gasteiger partial charge in [-0.25, -0.2) is 9.59 Å². The Hall–Kier alpha value is -1.61. The smallest absolute Gasteiger partial charge is 0.413 e. The van der Waals surface area contributed by atoms with Crippen LogP contribution in [0, 0.1) is 5.92 Å². The van der Waals surface area contributed by atoms with Gasteiger partial charge in [-0.3, -0.25) is 4.67 Å². The zero-order valence-corrected chi connectivity index (χ0v) is 13.1. The summed E-state index contributed by atoms with van der Waals surface area (Å²) in [7, 11) is 3.52. The number of hydrogen-bond acceptors (Lipinski definition) is 4. The molecule has 0 bridgehead atoms. The molecular formula is C14H20NO4P. The molecule has 0 aliphatic carbocycles. The molecule has 0 saturated heterocycles. The zero-order chi connectivity index (χ0) is 15.1. The number of hydrogen-bond donors (Lipinski definition) is 0. The summed E-state index contributed by atoms with van der Waals surface area (Å²) in [4.78, 5) is 23.6. The van der Waals surface area contributed by atoms with Crippen molar-refractivity contribution in [3.8, 4) is 0 Å². The number of nitrogens with zero attached hydrogens (tertiary/aromatic N) is 1. The topological polar surface area (TPSA) is 55.8 Å². The van der Waals surface area contributed by atoms with Crippen molar-refractivity contribution in [2.75, 3.05) is 7.11 Å². The summed E-state index contributed by atoms with van der Waals surface area (Å²) in [5.41, 5.74) is 0.887. The second kappa shape index (κ2) is 7.85. The fraction of sp³-hybridized carbons (Fsp3) is 0.429. The molecule has 1 aromatic rings. The number of carbonyl (C=O) groups excluding carboxylic acids is 2. The summed E-state index contributed by atoms with van der Waals surface area (Å²) in [5, 5.41) is 0. The van der Waals surface area contributed by atoms with Gasteiger partial charge in [0.2, 0.25) is 0 Å². The summed E-state index contributed by atoms with van der Waals surface area (Å²) < 4.78 is 11.1. The average molecular weight is 297 g/mol. The van der Waals surface area contributed by atoms with Gasteiger partial charge < -0.3 is 9.47 Å². The van der Waals surface area contributed by atoms with E-state index in [-0.39, 0.29) is 12.5 Å². The Labute approximate surface area is 121 Å². The highest BCUT2D eigenvalue weighted by Gasteiger charge is 2.31. The van der Waals surface area contributed by atoms with Crippen LogP contribution in [0.4, 0.5) is 4.79 Å². The van der Waals surface area contributed by atoms with Crippen molar-refractivity contribution in [3.63, 3.8) is 0 Å². The van der Waals surface area contributed by atoms with E-state index in [9.17, 15) is 9.59 Å². The normalized spacial score (nSPS) is 11.8. The van der Waals surface area contributed by atoms with Gasteiger partial charge in [0.05, 0.1) is 7.11 Å². The van der Waals surface area contributed by atoms with Gasteiger partial charge in [0.1, 0.15) is 12.6 Å². The van der Waals surface area contributed by atoms with Gasteiger partial charge >= 0.3 is 12.1 Å². The van der Waals surface area contributed by atoms with Crippen LogP contribution in [0.2, 0.25) is 0 Å². The molecule has 1 rings (SSSR count). The van der Waals surface area contributed by atoms with Gasteiger partial charge in [-0.15, -0.1) is 0 Å². The van der Waals surface area contributed by atoms with Crippen molar-refractivity contribution in [3.05, 3.63) is 35.9 Å². The monoisotopic (exact) mass is 297 g/mol. The number of amides is 1. The number of rotatable bonds is 5. The van der Waals surface area contributed by atoms with Gasteiger partial charge in [-0.05, 0) is 20.9 Å². The van der Waals surface area contributed by atoms with Crippen LogP contribution in [0.1, 0.15) is 19.4 Å². The Kier molecular flexibility index (Phi) is 6.46. The van der Waals surface area contributed by atoms with Gasteiger partial charge in [-0.2, -0.15) is 0 Å². The van der Waals surface area contributed by atoms with Crippen LogP contribution in [-0.2, 0) is 20.9 Å². The van der Waals surface area contributed by atoms with E-state index in [2.05, 4.69) is 9.39 Å². The first kappa shape index (κ1) is 16.4. The second-order valence-corrected chi connectivity index (χ2v) is 5.22. The predicted octanol–water partition coefficient (Wildman–Crippen LogP) is 2.61. The van der Waals surface area contributed by atoms with Crippen molar-refractivity contribution >= 4 is 21.5 Å². The Morgan fingerprint density at radius 1 is 1.25 bits per heavy atom. The first-order valence-electron chi connectivity index (χ1n) is 6.29. The van der Waals surface area contributed by atoms with Crippen LogP contribution in [0.25, 0.3) is 0 Å². The molecule has 1 amide bonds. The molecule has 0 N–H and O–H groups in total. The van der Waals surface area contributed by atoms with E-state index >= 15 is 0 Å². The summed E-state index contributed by atoms with van der Waals surface area (Å²) in [6.45, 7) is 3.84. The van der Waals surface area contributed by atoms with Gasteiger partial charge in [0.15, 0.2) is 0 Å². The lowest BCUT2D eigenvalue weighted by molar-refractivity contribution is -0.146. The molecule has 0 radical (unpaired) electrons. The molecule has 2 atom stereocenters. The van der Waals surface area contributed by atoms with Gasteiger partial charge in [0.25, 0.3) is 0 Å². The van der Waals surface area contributed by atoms with E-state index in [1.807, 2.05) is 44.2 Å². The van der Waals surface area contributed by atoms with Crippen LogP contribution in [0.3, 0.4) is 0 Å². The largest absolute Gasteiger partial charge is 0.467 e. The van der Waals surface area contributed by atoms with E-state index in [1.165, 1.54) is 11.8 Å². The lowest BCUT2D eigenvalue weighted by Crippen LogP contribution is -2.43. The van der Waals surface area contributed by atoms with E-state index in [4.69, 9.17) is 9.47 Å². The van der Waals surface area contributed by atoms with Crippen LogP contribution >= 0.6 is 9.39 Å². The molecular weight excluding hydrogens is 277 g/mol. The standard InChI is InChI=1S/C14H20NO4P/c1-10(2)12(13(16)18-3)15(20)14(17)19-9-11-7-5-4-6-8-11/h4-8,10,12H,9,20H2,1-3H3. The molecule has 5 nitrogen and oxygen atoms in total. The van der Waals surface area contributed by atoms with Gasteiger partial charge in [-0.1, -0.05) is 44.2 Å². The third-order valence-corrected chi connectivity index (χ3v) is 3.32. The summed E-state index contributed by atoms with van der Waals surface area (Å²) in [5.74, 6) is -0.545. The second-order valence-electron chi connectivity index (χ2n) is 4.66. The highest BCUT2D eigenvalue weighted by atomic mass is 31.0. The lowest BCUT2D eigenvalue weighted by atomic mass is 10.1. The van der Waals surface area contributed by atoms with Crippen LogP contribution in [-0.4, -0.2) is 29.9 Å². The molecule has 1 aromatic carbocycles. The Morgan fingerprint density at radius 2 is 1.85 bits per heavy atom. The third-order valence-electron chi connectivity index (χ3n) is 2.79. The maximum atomic E-state index is 12.0.